The Balaban J connectivity index is 1.40. The second-order valence-electron chi connectivity index (χ2n) is 8.23. The number of carbonyl (C=O) groups excluding carboxylic acids is 1. The van der Waals surface area contributed by atoms with Gasteiger partial charge in [-0.1, -0.05) is 18.2 Å². The van der Waals surface area contributed by atoms with Crippen LogP contribution >= 0.6 is 0 Å². The van der Waals surface area contributed by atoms with Gasteiger partial charge in [0.2, 0.25) is 5.89 Å². The predicted octanol–water partition coefficient (Wildman–Crippen LogP) is 5.70. The Kier molecular flexibility index (Phi) is 5.17. The van der Waals surface area contributed by atoms with Gasteiger partial charge >= 0.3 is 6.03 Å². The van der Waals surface area contributed by atoms with Crippen LogP contribution in [-0.2, 0) is 6.54 Å². The van der Waals surface area contributed by atoms with Gasteiger partial charge in [0, 0.05) is 24.3 Å². The number of anilines is 1. The highest BCUT2D eigenvalue weighted by molar-refractivity contribution is 5.90. The number of aromatic nitrogens is 3. The van der Waals surface area contributed by atoms with E-state index in [0.717, 1.165) is 58.9 Å². The third kappa shape index (κ3) is 3.53. The maximum Gasteiger partial charge on any atom is 0.322 e. The van der Waals surface area contributed by atoms with E-state index in [1.807, 2.05) is 61.2 Å². The number of hydrogen-bond donors (Lipinski definition) is 1. The Morgan fingerprint density at radius 2 is 2.00 bits per heavy atom. The Morgan fingerprint density at radius 3 is 2.78 bits per heavy atom. The fourth-order valence-electron chi connectivity index (χ4n) is 4.48. The van der Waals surface area contributed by atoms with E-state index in [2.05, 4.69) is 27.9 Å². The van der Waals surface area contributed by atoms with Crippen LogP contribution in [0.2, 0.25) is 0 Å². The molecule has 4 aromatic rings. The highest BCUT2D eigenvalue weighted by Crippen LogP contribution is 2.34. The van der Waals surface area contributed by atoms with Crippen LogP contribution in [0.5, 0.6) is 0 Å². The van der Waals surface area contributed by atoms with Gasteiger partial charge in [0.15, 0.2) is 0 Å². The number of benzene rings is 2. The molecular formula is C25H27N5O2. The third-order valence-corrected chi connectivity index (χ3v) is 6.20. The lowest BCUT2D eigenvalue weighted by Gasteiger charge is -2.25. The van der Waals surface area contributed by atoms with Crippen LogP contribution in [0.3, 0.4) is 0 Å². The van der Waals surface area contributed by atoms with E-state index in [0.29, 0.717) is 12.4 Å². The Bertz CT molecular complexity index is 1270. The smallest absolute Gasteiger partial charge is 0.322 e. The largest absolute Gasteiger partial charge is 0.441 e. The van der Waals surface area contributed by atoms with Crippen LogP contribution in [0.4, 0.5) is 10.5 Å². The molecule has 5 rings (SSSR count). The molecule has 1 fully saturated rings. The number of rotatable bonds is 4. The van der Waals surface area contributed by atoms with E-state index in [-0.39, 0.29) is 12.1 Å². The predicted molar refractivity (Wildman–Crippen MR) is 125 cm³/mol. The number of oxazole rings is 1. The third-order valence-electron chi connectivity index (χ3n) is 6.20. The Morgan fingerprint density at radius 1 is 1.16 bits per heavy atom. The van der Waals surface area contributed by atoms with Crippen LogP contribution in [0, 0.1) is 13.8 Å². The summed E-state index contributed by atoms with van der Waals surface area (Å²) in [5.74, 6) is 2.32. The summed E-state index contributed by atoms with van der Waals surface area (Å²) in [6.45, 7) is 7.47. The minimum absolute atomic E-state index is 0.0393. The van der Waals surface area contributed by atoms with Crippen molar-refractivity contribution in [1.82, 2.24) is 19.4 Å². The molecule has 1 aliphatic heterocycles. The lowest BCUT2D eigenvalue weighted by Crippen LogP contribution is -2.35. The fraction of sp³-hybridized carbons (Fsp3) is 0.320. The van der Waals surface area contributed by atoms with Crippen LogP contribution in [0.1, 0.15) is 43.1 Å². The van der Waals surface area contributed by atoms with E-state index in [1.165, 1.54) is 0 Å². The quantitative estimate of drug-likeness (QED) is 0.452. The minimum atomic E-state index is -0.112. The summed E-state index contributed by atoms with van der Waals surface area (Å²) in [5, 5.41) is 3.07. The molecule has 2 aromatic carbocycles. The summed E-state index contributed by atoms with van der Waals surface area (Å²) in [6, 6.07) is 15.6. The average molecular weight is 430 g/mol. The number of nitrogens with zero attached hydrogens (tertiary/aromatic N) is 4. The first-order valence-electron chi connectivity index (χ1n) is 11.1. The number of carbonyl (C=O) groups is 1. The normalized spacial score (nSPS) is 16.1. The van der Waals surface area contributed by atoms with Gasteiger partial charge in [-0.2, -0.15) is 0 Å². The lowest BCUT2D eigenvalue weighted by molar-refractivity contribution is 0.204. The standard InChI is InChI=1S/C25H27N5O2/c1-4-29-21-12-6-5-11-20(21)28-23(29)22-13-8-14-30(22)25(31)27-19-10-7-9-18(15-19)24-26-16(2)17(3)32-24/h5-7,9-12,15,22H,4,8,13-14H2,1-3H3,(H,27,31). The molecule has 1 saturated heterocycles. The SMILES string of the molecule is CCn1c(C2CCCN2C(=O)Nc2cccc(-c3nc(C)c(C)o3)c2)nc2ccccc21. The topological polar surface area (TPSA) is 76.2 Å². The molecule has 164 valence electrons. The van der Waals surface area contributed by atoms with Crippen LogP contribution in [-0.4, -0.2) is 32.0 Å². The molecule has 2 amide bonds. The number of imidazole rings is 1. The molecule has 7 nitrogen and oxygen atoms in total. The molecule has 0 saturated carbocycles. The van der Waals surface area contributed by atoms with Crippen LogP contribution in [0.25, 0.3) is 22.5 Å². The molecular weight excluding hydrogens is 402 g/mol. The number of amides is 2. The summed E-state index contributed by atoms with van der Waals surface area (Å²) in [7, 11) is 0. The van der Waals surface area contributed by atoms with Crippen molar-refractivity contribution in [2.45, 2.75) is 46.2 Å². The second kappa shape index (κ2) is 8.15. The molecule has 32 heavy (non-hydrogen) atoms. The molecule has 0 spiro atoms. The molecule has 1 aliphatic rings. The first kappa shape index (κ1) is 20.3. The van der Waals surface area contributed by atoms with Crippen molar-refractivity contribution in [3.05, 3.63) is 65.8 Å². The molecule has 0 radical (unpaired) electrons. The van der Waals surface area contributed by atoms with Crippen molar-refractivity contribution in [2.75, 3.05) is 11.9 Å². The first-order chi connectivity index (χ1) is 15.5. The van der Waals surface area contributed by atoms with E-state index < -0.39 is 0 Å². The zero-order chi connectivity index (χ0) is 22.2. The zero-order valence-corrected chi connectivity index (χ0v) is 18.6. The monoisotopic (exact) mass is 429 g/mol. The van der Waals surface area contributed by atoms with Gasteiger partial charge in [0.25, 0.3) is 0 Å². The average Bonchev–Trinajstić information content (AvgIpc) is 3.50. The van der Waals surface area contributed by atoms with Crippen molar-refractivity contribution in [3.63, 3.8) is 0 Å². The van der Waals surface area contributed by atoms with Gasteiger partial charge in [-0.05, 0) is 63.9 Å². The van der Waals surface area contributed by atoms with Crippen molar-refractivity contribution in [1.29, 1.82) is 0 Å². The number of aryl methyl sites for hydroxylation is 3. The minimum Gasteiger partial charge on any atom is -0.441 e. The molecule has 7 heteroatoms. The van der Waals surface area contributed by atoms with Crippen molar-refractivity contribution in [3.8, 4) is 11.5 Å². The summed E-state index contributed by atoms with van der Waals surface area (Å²) >= 11 is 0. The molecule has 1 atom stereocenters. The van der Waals surface area contributed by atoms with Gasteiger partial charge in [-0.3, -0.25) is 0 Å². The zero-order valence-electron chi connectivity index (χ0n) is 18.6. The maximum atomic E-state index is 13.3. The highest BCUT2D eigenvalue weighted by Gasteiger charge is 2.33. The first-order valence-corrected chi connectivity index (χ1v) is 11.1. The van der Waals surface area contributed by atoms with Gasteiger partial charge < -0.3 is 19.2 Å². The van der Waals surface area contributed by atoms with E-state index >= 15 is 0 Å². The van der Waals surface area contributed by atoms with E-state index in [4.69, 9.17) is 9.40 Å². The van der Waals surface area contributed by atoms with Gasteiger partial charge in [-0.15, -0.1) is 0 Å². The number of fused-ring (bicyclic) bond motifs is 1. The Hall–Kier alpha value is -3.61. The summed E-state index contributed by atoms with van der Waals surface area (Å²) in [6.07, 6.45) is 1.87. The molecule has 3 heterocycles. The van der Waals surface area contributed by atoms with E-state index in [1.54, 1.807) is 0 Å². The van der Waals surface area contributed by atoms with Gasteiger partial charge in [0.1, 0.15) is 11.6 Å². The van der Waals surface area contributed by atoms with Crippen LogP contribution in [0.15, 0.2) is 52.9 Å². The second-order valence-corrected chi connectivity index (χ2v) is 8.23. The lowest BCUT2D eigenvalue weighted by atomic mass is 10.2. The van der Waals surface area contributed by atoms with Gasteiger partial charge in [0.05, 0.1) is 22.8 Å². The number of urea groups is 1. The summed E-state index contributed by atoms with van der Waals surface area (Å²) in [4.78, 5) is 24.5. The molecule has 0 bridgehead atoms. The van der Waals surface area contributed by atoms with Crippen LogP contribution < -0.4 is 5.32 Å². The number of para-hydroxylation sites is 2. The number of hydrogen-bond acceptors (Lipinski definition) is 4. The number of likely N-dealkylation sites (tertiary alicyclic amines) is 1. The molecule has 1 N–H and O–H groups in total. The summed E-state index contributed by atoms with van der Waals surface area (Å²) in [5.41, 5.74) is 4.51. The molecule has 2 aromatic heterocycles. The maximum absolute atomic E-state index is 13.3. The van der Waals surface area contributed by atoms with Crippen molar-refractivity contribution in [2.24, 2.45) is 0 Å². The van der Waals surface area contributed by atoms with Crippen molar-refractivity contribution < 1.29 is 9.21 Å². The number of nitrogens with one attached hydrogen (secondary N) is 1. The highest BCUT2D eigenvalue weighted by atomic mass is 16.4. The molecule has 0 aliphatic carbocycles. The Labute approximate surface area is 187 Å². The van der Waals surface area contributed by atoms with E-state index in [9.17, 15) is 4.79 Å². The summed E-state index contributed by atoms with van der Waals surface area (Å²) < 4.78 is 7.97. The molecule has 1 unspecified atom stereocenters. The van der Waals surface area contributed by atoms with Crippen molar-refractivity contribution >= 4 is 22.8 Å². The van der Waals surface area contributed by atoms with Gasteiger partial charge in [-0.25, -0.2) is 14.8 Å². The fourth-order valence-corrected chi connectivity index (χ4v) is 4.48.